The first kappa shape index (κ1) is 16.6. The van der Waals surface area contributed by atoms with Crippen LogP contribution in [0.15, 0.2) is 8.95 Å². The van der Waals surface area contributed by atoms with E-state index in [4.69, 9.17) is 4.98 Å². The fourth-order valence-electron chi connectivity index (χ4n) is 3.46. The summed E-state index contributed by atoms with van der Waals surface area (Å²) in [5.74, 6) is 1.03. The Balaban J connectivity index is 0.00000144. The van der Waals surface area contributed by atoms with Gasteiger partial charge in [0.15, 0.2) is 0 Å². The van der Waals surface area contributed by atoms with Crippen molar-refractivity contribution < 1.29 is 0 Å². The van der Waals surface area contributed by atoms with Crippen LogP contribution in [-0.2, 0) is 13.0 Å². The molecule has 4 rings (SSSR count). The summed E-state index contributed by atoms with van der Waals surface area (Å²) in [6, 6.07) is 0.496. The number of benzene rings is 1. The van der Waals surface area contributed by atoms with Crippen molar-refractivity contribution in [2.24, 2.45) is 0 Å². The van der Waals surface area contributed by atoms with Crippen LogP contribution in [0, 0.1) is 6.92 Å². The smallest absolute Gasteiger partial charge is 0.204 e. The van der Waals surface area contributed by atoms with Crippen molar-refractivity contribution in [3.8, 4) is 0 Å². The fraction of sp³-hybridized carbons (Fsp3) is 0.533. The van der Waals surface area contributed by atoms with E-state index in [1.165, 1.54) is 34.0 Å². The van der Waals surface area contributed by atoms with Gasteiger partial charge in [0.05, 0.1) is 11.0 Å². The topological polar surface area (TPSA) is 41.9 Å². The van der Waals surface area contributed by atoms with Crippen LogP contribution in [0.25, 0.3) is 11.0 Å². The Morgan fingerprint density at radius 2 is 2.14 bits per heavy atom. The molecular weight excluding hydrogens is 431 g/mol. The molecular formula is C15H19Br2ClN4. The lowest BCUT2D eigenvalue weighted by Crippen LogP contribution is -2.24. The lowest BCUT2D eigenvalue weighted by atomic mass is 10.0. The standard InChI is InChI=1S/C15H18Br2N4.ClH/c1-8-11(16)12(17)10-3-2-6-21-14(10)13(8)20-15(21)19-9-4-5-18-7-9;/h9,18H,2-7H2,1H3,(H,19,20);1H/t9-;/m0./s1. The number of nitrogens with one attached hydrogen (secondary N) is 2. The van der Waals surface area contributed by atoms with E-state index in [1.54, 1.807) is 0 Å². The molecule has 3 heterocycles. The molecule has 0 radical (unpaired) electrons. The highest BCUT2D eigenvalue weighted by Gasteiger charge is 2.25. The zero-order valence-electron chi connectivity index (χ0n) is 12.4. The predicted molar refractivity (Wildman–Crippen MR) is 100 cm³/mol. The second-order valence-electron chi connectivity index (χ2n) is 5.95. The number of halogens is 3. The van der Waals surface area contributed by atoms with E-state index in [1.807, 2.05) is 0 Å². The molecule has 1 fully saturated rings. The molecule has 22 heavy (non-hydrogen) atoms. The number of hydrogen-bond donors (Lipinski definition) is 2. The quantitative estimate of drug-likeness (QED) is 0.727. The number of nitrogens with zero attached hydrogens (tertiary/aromatic N) is 2. The van der Waals surface area contributed by atoms with Crippen molar-refractivity contribution in [2.45, 2.75) is 38.8 Å². The molecule has 0 amide bonds. The molecule has 0 spiro atoms. The third-order valence-corrected chi connectivity index (χ3v) is 7.00. The van der Waals surface area contributed by atoms with Crippen LogP contribution >= 0.6 is 44.3 Å². The van der Waals surface area contributed by atoms with Gasteiger partial charge in [-0.2, -0.15) is 0 Å². The van der Waals surface area contributed by atoms with Crippen molar-refractivity contribution in [2.75, 3.05) is 18.4 Å². The molecule has 1 saturated heterocycles. The Kier molecular flexibility index (Phi) is 4.74. The first-order valence-electron chi connectivity index (χ1n) is 7.50. The van der Waals surface area contributed by atoms with Gasteiger partial charge in [-0.1, -0.05) is 0 Å². The number of anilines is 1. The van der Waals surface area contributed by atoms with Crippen LogP contribution in [0.4, 0.5) is 5.95 Å². The van der Waals surface area contributed by atoms with E-state index in [0.717, 1.165) is 42.0 Å². The van der Waals surface area contributed by atoms with Crippen LogP contribution in [0.5, 0.6) is 0 Å². The van der Waals surface area contributed by atoms with Crippen LogP contribution in [-0.4, -0.2) is 28.7 Å². The molecule has 0 aliphatic carbocycles. The summed E-state index contributed by atoms with van der Waals surface area (Å²) in [4.78, 5) is 4.92. The molecule has 2 aliphatic heterocycles. The minimum absolute atomic E-state index is 0. The van der Waals surface area contributed by atoms with Gasteiger partial charge in [0.25, 0.3) is 0 Å². The average molecular weight is 451 g/mol. The van der Waals surface area contributed by atoms with Crippen LogP contribution < -0.4 is 10.6 Å². The molecule has 1 aromatic heterocycles. The number of rotatable bonds is 2. The summed E-state index contributed by atoms with van der Waals surface area (Å²) in [5, 5.41) is 7.04. The molecule has 0 unspecified atom stereocenters. The Labute approximate surface area is 153 Å². The van der Waals surface area contributed by atoms with Crippen molar-refractivity contribution in [3.63, 3.8) is 0 Å². The third-order valence-electron chi connectivity index (χ3n) is 4.60. The maximum Gasteiger partial charge on any atom is 0.204 e. The lowest BCUT2D eigenvalue weighted by Gasteiger charge is -2.20. The number of aromatic nitrogens is 2. The molecule has 7 heteroatoms. The SMILES string of the molecule is Cc1c(Br)c(Br)c2c3c1nc(N[C@H]1CCNC1)n3CCC2.Cl. The van der Waals surface area contributed by atoms with Gasteiger partial charge < -0.3 is 15.2 Å². The Bertz CT molecular complexity index is 722. The largest absolute Gasteiger partial charge is 0.352 e. The van der Waals surface area contributed by atoms with Gasteiger partial charge in [-0.25, -0.2) is 4.98 Å². The number of hydrogen-bond acceptors (Lipinski definition) is 3. The summed E-state index contributed by atoms with van der Waals surface area (Å²) in [5.41, 5.74) is 5.04. The van der Waals surface area contributed by atoms with E-state index in [9.17, 15) is 0 Å². The third kappa shape index (κ3) is 2.48. The van der Waals surface area contributed by atoms with E-state index in [0.29, 0.717) is 6.04 Å². The van der Waals surface area contributed by atoms with E-state index >= 15 is 0 Å². The van der Waals surface area contributed by atoms with E-state index < -0.39 is 0 Å². The highest BCUT2D eigenvalue weighted by molar-refractivity contribution is 9.13. The van der Waals surface area contributed by atoms with Crippen molar-refractivity contribution >= 4 is 61.2 Å². The molecule has 4 nitrogen and oxygen atoms in total. The van der Waals surface area contributed by atoms with Crippen molar-refractivity contribution in [1.29, 1.82) is 0 Å². The Hall–Kier alpha value is -0.300. The molecule has 120 valence electrons. The zero-order valence-corrected chi connectivity index (χ0v) is 16.4. The Morgan fingerprint density at radius 3 is 2.86 bits per heavy atom. The zero-order chi connectivity index (χ0) is 14.6. The van der Waals surface area contributed by atoms with E-state index in [-0.39, 0.29) is 12.4 Å². The van der Waals surface area contributed by atoms with Gasteiger partial charge in [-0.15, -0.1) is 12.4 Å². The summed E-state index contributed by atoms with van der Waals surface area (Å²) >= 11 is 7.47. The molecule has 0 saturated carbocycles. The minimum atomic E-state index is 0. The van der Waals surface area contributed by atoms with Crippen LogP contribution in [0.3, 0.4) is 0 Å². The van der Waals surface area contributed by atoms with Crippen LogP contribution in [0.2, 0.25) is 0 Å². The summed E-state index contributed by atoms with van der Waals surface area (Å²) in [6.07, 6.45) is 3.46. The van der Waals surface area contributed by atoms with Crippen LogP contribution in [0.1, 0.15) is 24.0 Å². The van der Waals surface area contributed by atoms with Gasteiger partial charge in [-0.3, -0.25) is 0 Å². The molecule has 1 atom stereocenters. The molecule has 2 aliphatic rings. The monoisotopic (exact) mass is 448 g/mol. The number of aryl methyl sites for hydroxylation is 3. The molecule has 2 N–H and O–H groups in total. The Morgan fingerprint density at radius 1 is 1.32 bits per heavy atom. The predicted octanol–water partition coefficient (Wildman–Crippen LogP) is 4.01. The number of imidazole rings is 1. The van der Waals surface area contributed by atoms with Gasteiger partial charge >= 0.3 is 0 Å². The lowest BCUT2D eigenvalue weighted by molar-refractivity contribution is 0.627. The van der Waals surface area contributed by atoms with Gasteiger partial charge in [0.2, 0.25) is 5.95 Å². The maximum absolute atomic E-state index is 4.92. The second-order valence-corrected chi connectivity index (χ2v) is 7.54. The van der Waals surface area contributed by atoms with Crippen molar-refractivity contribution in [1.82, 2.24) is 14.9 Å². The second kappa shape index (κ2) is 6.30. The molecule has 0 bridgehead atoms. The summed E-state index contributed by atoms with van der Waals surface area (Å²) in [7, 11) is 0. The minimum Gasteiger partial charge on any atom is -0.352 e. The first-order chi connectivity index (χ1) is 10.2. The highest BCUT2D eigenvalue weighted by atomic mass is 79.9. The average Bonchev–Trinajstić information content (AvgIpc) is 3.12. The summed E-state index contributed by atoms with van der Waals surface area (Å²) < 4.78 is 4.71. The molecule has 2 aromatic rings. The highest BCUT2D eigenvalue weighted by Crippen LogP contribution is 2.41. The van der Waals surface area contributed by atoms with Gasteiger partial charge in [0, 0.05) is 28.1 Å². The summed E-state index contributed by atoms with van der Waals surface area (Å²) in [6.45, 7) is 5.32. The van der Waals surface area contributed by atoms with E-state index in [2.05, 4.69) is 54.0 Å². The normalized spacial score (nSPS) is 20.2. The first-order valence-corrected chi connectivity index (χ1v) is 9.09. The maximum atomic E-state index is 4.92. The molecule has 1 aromatic carbocycles. The fourth-order valence-corrected chi connectivity index (χ4v) is 4.57. The van der Waals surface area contributed by atoms with Gasteiger partial charge in [-0.05, 0) is 75.7 Å². The van der Waals surface area contributed by atoms with Crippen molar-refractivity contribution in [3.05, 3.63) is 20.1 Å². The van der Waals surface area contributed by atoms with Gasteiger partial charge in [0.1, 0.15) is 0 Å².